The van der Waals surface area contributed by atoms with Gasteiger partial charge >= 0.3 is 0 Å². The number of amides is 1. The highest BCUT2D eigenvalue weighted by atomic mass is 35.5. The number of aromatic nitrogens is 1. The molecule has 1 fully saturated rings. The summed E-state index contributed by atoms with van der Waals surface area (Å²) in [6.45, 7) is 7.85. The number of ether oxygens (including phenoxy) is 1. The minimum absolute atomic E-state index is 0. The number of hydrogen-bond acceptors (Lipinski definition) is 4. The van der Waals surface area contributed by atoms with E-state index >= 15 is 0 Å². The average molecular weight is 362 g/mol. The van der Waals surface area contributed by atoms with Gasteiger partial charge in [-0.1, -0.05) is 0 Å². The normalized spacial score (nSPS) is 19.1. The Balaban J connectivity index is 0.00000132. The summed E-state index contributed by atoms with van der Waals surface area (Å²) in [4.78, 5) is 19.2. The largest absolute Gasteiger partial charge is 0.378 e. The summed E-state index contributed by atoms with van der Waals surface area (Å²) in [5.41, 5.74) is 5.71. The molecule has 2 aliphatic rings. The number of methoxy groups -OCH3 is 1. The molecule has 0 unspecified atom stereocenters. The van der Waals surface area contributed by atoms with Gasteiger partial charge in [0.25, 0.3) is 0 Å². The maximum absolute atomic E-state index is 12.6. The van der Waals surface area contributed by atoms with E-state index in [0.717, 1.165) is 30.9 Å². The van der Waals surface area contributed by atoms with Crippen molar-refractivity contribution in [3.05, 3.63) is 28.1 Å². The van der Waals surface area contributed by atoms with Gasteiger partial charge in [-0.15, -0.1) is 24.8 Å². The molecule has 1 N–H and O–H groups in total. The number of hydrogen-bond donors (Lipinski definition) is 1. The van der Waals surface area contributed by atoms with Gasteiger partial charge in [-0.3, -0.25) is 9.78 Å². The molecule has 3 heterocycles. The first-order valence-corrected chi connectivity index (χ1v) is 7.58. The van der Waals surface area contributed by atoms with Crippen LogP contribution in [0.1, 0.15) is 34.5 Å². The fraction of sp³-hybridized carbons (Fsp3) is 0.625. The van der Waals surface area contributed by atoms with Crippen LogP contribution in [0.4, 0.5) is 0 Å². The Morgan fingerprint density at radius 2 is 2.04 bits per heavy atom. The molecule has 0 aliphatic carbocycles. The lowest BCUT2D eigenvalue weighted by molar-refractivity contribution is -0.135. The SMILES string of the molecule is COCc1nc2c(c(C)c1C)CN(C(=O)[C@@H]1CCNC1)C2.Cl.Cl. The highest BCUT2D eigenvalue weighted by Gasteiger charge is 2.32. The molecule has 1 amide bonds. The average Bonchev–Trinajstić information content (AvgIpc) is 3.13. The number of nitrogens with one attached hydrogen (secondary N) is 1. The third kappa shape index (κ3) is 3.79. The fourth-order valence-electron chi connectivity index (χ4n) is 3.30. The summed E-state index contributed by atoms with van der Waals surface area (Å²) in [6.07, 6.45) is 0.950. The van der Waals surface area contributed by atoms with Gasteiger partial charge in [0, 0.05) is 20.2 Å². The predicted molar refractivity (Wildman–Crippen MR) is 94.2 cm³/mol. The summed E-state index contributed by atoms with van der Waals surface area (Å²) in [5.74, 6) is 0.405. The molecule has 0 saturated carbocycles. The second-order valence-electron chi connectivity index (χ2n) is 6.05. The molecule has 0 aromatic carbocycles. The van der Waals surface area contributed by atoms with Crippen molar-refractivity contribution in [3.8, 4) is 0 Å². The number of pyridine rings is 1. The van der Waals surface area contributed by atoms with E-state index in [2.05, 4.69) is 19.2 Å². The van der Waals surface area contributed by atoms with Gasteiger partial charge in [-0.05, 0) is 43.5 Å². The van der Waals surface area contributed by atoms with E-state index in [4.69, 9.17) is 9.72 Å². The number of rotatable bonds is 3. The Bertz CT molecular complexity index is 575. The highest BCUT2D eigenvalue weighted by molar-refractivity contribution is 5.85. The van der Waals surface area contributed by atoms with Crippen LogP contribution < -0.4 is 5.32 Å². The Morgan fingerprint density at radius 3 is 2.65 bits per heavy atom. The molecule has 0 spiro atoms. The summed E-state index contributed by atoms with van der Waals surface area (Å²) in [5, 5.41) is 3.26. The molecule has 130 valence electrons. The van der Waals surface area contributed by atoms with Gasteiger partial charge in [-0.2, -0.15) is 0 Å². The predicted octanol–water partition coefficient (Wildman–Crippen LogP) is 2.14. The molecule has 0 radical (unpaired) electrons. The zero-order valence-corrected chi connectivity index (χ0v) is 15.5. The van der Waals surface area contributed by atoms with E-state index in [0.29, 0.717) is 19.7 Å². The Morgan fingerprint density at radius 1 is 1.30 bits per heavy atom. The summed E-state index contributed by atoms with van der Waals surface area (Å²) < 4.78 is 5.23. The zero-order chi connectivity index (χ0) is 15.0. The molecule has 1 aromatic heterocycles. The fourth-order valence-corrected chi connectivity index (χ4v) is 3.30. The van der Waals surface area contributed by atoms with Crippen molar-refractivity contribution < 1.29 is 9.53 Å². The van der Waals surface area contributed by atoms with Crippen molar-refractivity contribution >= 4 is 30.7 Å². The molecule has 1 atom stereocenters. The van der Waals surface area contributed by atoms with Crippen LogP contribution >= 0.6 is 24.8 Å². The summed E-state index contributed by atoms with van der Waals surface area (Å²) in [6, 6.07) is 0. The molecule has 2 aliphatic heterocycles. The van der Waals surface area contributed by atoms with E-state index in [1.54, 1.807) is 7.11 Å². The quantitative estimate of drug-likeness (QED) is 0.895. The van der Waals surface area contributed by atoms with E-state index in [9.17, 15) is 4.79 Å². The molecular weight excluding hydrogens is 337 g/mol. The third-order valence-corrected chi connectivity index (χ3v) is 4.76. The second kappa shape index (κ2) is 8.29. The zero-order valence-electron chi connectivity index (χ0n) is 13.8. The van der Waals surface area contributed by atoms with Crippen molar-refractivity contribution in [2.24, 2.45) is 5.92 Å². The van der Waals surface area contributed by atoms with Crippen LogP contribution in [0.15, 0.2) is 0 Å². The minimum atomic E-state index is 0. The third-order valence-electron chi connectivity index (χ3n) is 4.76. The summed E-state index contributed by atoms with van der Waals surface area (Å²) >= 11 is 0. The van der Waals surface area contributed by atoms with Gasteiger partial charge in [0.2, 0.25) is 5.91 Å². The number of fused-ring (bicyclic) bond motifs is 1. The maximum Gasteiger partial charge on any atom is 0.227 e. The Labute approximate surface area is 150 Å². The standard InChI is InChI=1S/C16H23N3O2.2ClH/c1-10-11(2)15(9-21-3)18-14-8-19(7-13(10)14)16(20)12-4-5-17-6-12;;/h12,17H,4-9H2,1-3H3;2*1H/t12-;;/m1../s1. The number of carbonyl (C=O) groups is 1. The topological polar surface area (TPSA) is 54.5 Å². The van der Waals surface area contributed by atoms with Gasteiger partial charge in [0.05, 0.1) is 30.5 Å². The molecule has 23 heavy (non-hydrogen) atoms. The number of carbonyl (C=O) groups excluding carboxylic acids is 1. The summed E-state index contributed by atoms with van der Waals surface area (Å²) in [7, 11) is 1.69. The Hall–Kier alpha value is -0.880. The van der Waals surface area contributed by atoms with Crippen molar-refractivity contribution in [1.29, 1.82) is 0 Å². The molecule has 5 nitrogen and oxygen atoms in total. The second-order valence-corrected chi connectivity index (χ2v) is 6.05. The van der Waals surface area contributed by atoms with Crippen LogP contribution in [0, 0.1) is 19.8 Å². The van der Waals surface area contributed by atoms with Gasteiger partial charge in [0.15, 0.2) is 0 Å². The monoisotopic (exact) mass is 361 g/mol. The van der Waals surface area contributed by atoms with Crippen molar-refractivity contribution in [2.45, 2.75) is 40.0 Å². The van der Waals surface area contributed by atoms with Gasteiger partial charge in [-0.25, -0.2) is 0 Å². The van der Waals surface area contributed by atoms with Crippen molar-refractivity contribution in [2.75, 3.05) is 20.2 Å². The van der Waals surface area contributed by atoms with Crippen LogP contribution in [-0.4, -0.2) is 36.0 Å². The lowest BCUT2D eigenvalue weighted by Crippen LogP contribution is -2.33. The van der Waals surface area contributed by atoms with Crippen LogP contribution in [-0.2, 0) is 29.2 Å². The molecule has 1 aromatic rings. The van der Waals surface area contributed by atoms with E-state index in [1.165, 1.54) is 16.7 Å². The molecule has 0 bridgehead atoms. The minimum Gasteiger partial charge on any atom is -0.378 e. The molecule has 3 rings (SSSR count). The first-order chi connectivity index (χ1) is 10.1. The number of nitrogens with zero attached hydrogens (tertiary/aromatic N) is 2. The molecule has 1 saturated heterocycles. The lowest BCUT2D eigenvalue weighted by atomic mass is 10.0. The highest BCUT2D eigenvalue weighted by Crippen LogP contribution is 2.29. The van der Waals surface area contributed by atoms with Crippen molar-refractivity contribution in [1.82, 2.24) is 15.2 Å². The van der Waals surface area contributed by atoms with E-state index in [-0.39, 0.29) is 36.6 Å². The van der Waals surface area contributed by atoms with Crippen molar-refractivity contribution in [3.63, 3.8) is 0 Å². The van der Waals surface area contributed by atoms with E-state index < -0.39 is 0 Å². The smallest absolute Gasteiger partial charge is 0.227 e. The maximum atomic E-state index is 12.6. The van der Waals surface area contributed by atoms with Crippen LogP contribution in [0.25, 0.3) is 0 Å². The first kappa shape index (κ1) is 20.2. The Kier molecular flexibility index (Phi) is 7.27. The van der Waals surface area contributed by atoms with Crippen LogP contribution in [0.5, 0.6) is 0 Å². The van der Waals surface area contributed by atoms with E-state index in [1.807, 2.05) is 4.90 Å². The van der Waals surface area contributed by atoms with Crippen LogP contribution in [0.2, 0.25) is 0 Å². The van der Waals surface area contributed by atoms with Gasteiger partial charge < -0.3 is 15.0 Å². The lowest BCUT2D eigenvalue weighted by Gasteiger charge is -2.19. The molecule has 7 heteroatoms. The van der Waals surface area contributed by atoms with Gasteiger partial charge in [0.1, 0.15) is 0 Å². The molecular formula is C16H25Cl2N3O2. The number of halogens is 2. The van der Waals surface area contributed by atoms with Crippen LogP contribution in [0.3, 0.4) is 0 Å². The first-order valence-electron chi connectivity index (χ1n) is 7.58.